The first-order valence-corrected chi connectivity index (χ1v) is 10.9. The number of rotatable bonds is 8. The molecule has 0 radical (unpaired) electrons. The van der Waals surface area contributed by atoms with Gasteiger partial charge in [0, 0.05) is 36.1 Å². The molecule has 0 saturated heterocycles. The summed E-state index contributed by atoms with van der Waals surface area (Å²) >= 11 is 0. The molecule has 8 heteroatoms. The molecule has 1 atom stereocenters. The van der Waals surface area contributed by atoms with E-state index in [1.807, 2.05) is 38.4 Å². The van der Waals surface area contributed by atoms with Gasteiger partial charge in [0.15, 0.2) is 0 Å². The molecule has 3 aromatic rings. The maximum Gasteiger partial charge on any atom is 0.303 e. The molecule has 2 aromatic carbocycles. The number of halogens is 1. The Balaban J connectivity index is 1.78. The predicted octanol–water partition coefficient (Wildman–Crippen LogP) is 4.16. The molecule has 0 saturated carbocycles. The summed E-state index contributed by atoms with van der Waals surface area (Å²) in [5.74, 6) is -2.39. The maximum atomic E-state index is 13.8. The van der Waals surface area contributed by atoms with Crippen LogP contribution in [0.5, 0.6) is 0 Å². The van der Waals surface area contributed by atoms with Gasteiger partial charge in [0.2, 0.25) is 5.91 Å². The van der Waals surface area contributed by atoms with Crippen molar-refractivity contribution in [2.24, 2.45) is 4.99 Å². The van der Waals surface area contributed by atoms with Crippen LogP contribution in [0.25, 0.3) is 0 Å². The van der Waals surface area contributed by atoms with Crippen molar-refractivity contribution >= 4 is 29.0 Å². The van der Waals surface area contributed by atoms with E-state index in [4.69, 9.17) is 10.1 Å². The zero-order valence-electron chi connectivity index (χ0n) is 19.0. The first-order chi connectivity index (χ1) is 16.3. The second kappa shape index (κ2) is 9.93. The topological polar surface area (TPSA) is 94.9 Å². The van der Waals surface area contributed by atoms with Crippen molar-refractivity contribution in [3.63, 3.8) is 0 Å². The average Bonchev–Trinajstić information content (AvgIpc) is 3.11. The Morgan fingerprint density at radius 2 is 1.91 bits per heavy atom. The summed E-state index contributed by atoms with van der Waals surface area (Å²) in [5, 5.41) is 11.8. The summed E-state index contributed by atoms with van der Waals surface area (Å²) in [6, 6.07) is 15.5. The van der Waals surface area contributed by atoms with Crippen LogP contribution >= 0.6 is 0 Å². The van der Waals surface area contributed by atoms with Gasteiger partial charge in [0.25, 0.3) is 0 Å². The molecule has 0 fully saturated rings. The zero-order chi connectivity index (χ0) is 24.2. The smallest absolute Gasteiger partial charge is 0.303 e. The number of carboxylic acids is 1. The molecule has 174 valence electrons. The molecule has 34 heavy (non-hydrogen) atoms. The number of anilines is 1. The summed E-state index contributed by atoms with van der Waals surface area (Å²) in [7, 11) is 3.99. The number of hydrogen-bond acceptors (Lipinski definition) is 5. The third-order valence-electron chi connectivity index (χ3n) is 5.51. The number of aliphatic imine (C=N–C) groups is 1. The summed E-state index contributed by atoms with van der Waals surface area (Å²) in [6.07, 6.45) is 1.79. The lowest BCUT2D eigenvalue weighted by Gasteiger charge is -2.15. The van der Waals surface area contributed by atoms with Gasteiger partial charge < -0.3 is 15.3 Å². The molecular weight excluding hydrogens is 435 g/mol. The highest BCUT2D eigenvalue weighted by Gasteiger charge is 2.35. The number of aryl methyl sites for hydroxylation is 1. The first kappa shape index (κ1) is 23.3. The fourth-order valence-electron chi connectivity index (χ4n) is 3.99. The number of pyridine rings is 1. The van der Waals surface area contributed by atoms with Gasteiger partial charge in [-0.25, -0.2) is 4.39 Å². The van der Waals surface area contributed by atoms with Gasteiger partial charge >= 0.3 is 5.97 Å². The van der Waals surface area contributed by atoms with Gasteiger partial charge in [-0.1, -0.05) is 18.2 Å². The van der Waals surface area contributed by atoms with Crippen LogP contribution in [0.3, 0.4) is 0 Å². The molecule has 0 spiro atoms. The van der Waals surface area contributed by atoms with Crippen molar-refractivity contribution in [1.29, 1.82) is 0 Å². The van der Waals surface area contributed by atoms with E-state index in [-0.39, 0.29) is 18.7 Å². The van der Waals surface area contributed by atoms with Crippen LogP contribution < -0.4 is 5.32 Å². The van der Waals surface area contributed by atoms with Crippen molar-refractivity contribution in [2.45, 2.75) is 25.3 Å². The SMILES string of the molecule is CN(C)Cc1ccc(N=C(c2ccnc(CCC(=O)O)c2)C2C(=O)Nc3cc(F)ccc32)cc1. The highest BCUT2D eigenvalue weighted by molar-refractivity contribution is 6.24. The summed E-state index contributed by atoms with van der Waals surface area (Å²) in [4.78, 5) is 35.2. The van der Waals surface area contributed by atoms with Crippen LogP contribution in [-0.2, 0) is 22.6 Å². The molecule has 2 heterocycles. The summed E-state index contributed by atoms with van der Waals surface area (Å²) < 4.78 is 13.8. The van der Waals surface area contributed by atoms with E-state index in [1.165, 1.54) is 12.1 Å². The Labute approximate surface area is 197 Å². The molecule has 1 unspecified atom stereocenters. The lowest BCUT2D eigenvalue weighted by Crippen LogP contribution is -2.22. The molecule has 4 rings (SSSR count). The Kier molecular flexibility index (Phi) is 6.79. The van der Waals surface area contributed by atoms with E-state index in [9.17, 15) is 14.0 Å². The van der Waals surface area contributed by atoms with Crippen LogP contribution in [0, 0.1) is 5.82 Å². The minimum Gasteiger partial charge on any atom is -0.481 e. The molecule has 7 nitrogen and oxygen atoms in total. The standard InChI is InChI=1S/C26H25FN4O3/c1-31(2)15-16-3-6-19(7-4-16)29-25(17-11-12-28-20(13-17)8-10-23(32)33)24-21-9-5-18(27)14-22(21)30-26(24)34/h3-7,9,11-14,24H,8,10,15H2,1-2H3,(H,30,34)(H,32,33). The summed E-state index contributed by atoms with van der Waals surface area (Å²) in [6.45, 7) is 0.790. The molecule has 1 amide bonds. The molecule has 1 aromatic heterocycles. The number of aliphatic carboxylic acids is 1. The number of carboxylic acid groups (broad SMARTS) is 1. The number of benzene rings is 2. The predicted molar refractivity (Wildman–Crippen MR) is 128 cm³/mol. The molecule has 0 bridgehead atoms. The number of aromatic nitrogens is 1. The third kappa shape index (κ3) is 5.35. The van der Waals surface area contributed by atoms with Gasteiger partial charge in [-0.2, -0.15) is 0 Å². The minimum absolute atomic E-state index is 0.0533. The van der Waals surface area contributed by atoms with Crippen LogP contribution in [0.1, 0.15) is 34.7 Å². The fourth-order valence-corrected chi connectivity index (χ4v) is 3.99. The van der Waals surface area contributed by atoms with Crippen LogP contribution in [0.2, 0.25) is 0 Å². The van der Waals surface area contributed by atoms with Crippen molar-refractivity contribution in [2.75, 3.05) is 19.4 Å². The quantitative estimate of drug-likeness (QED) is 0.493. The van der Waals surface area contributed by atoms with Gasteiger partial charge in [0.05, 0.1) is 17.8 Å². The summed E-state index contributed by atoms with van der Waals surface area (Å²) in [5.41, 5.74) is 4.59. The highest BCUT2D eigenvalue weighted by Crippen LogP contribution is 2.36. The van der Waals surface area contributed by atoms with E-state index in [1.54, 1.807) is 24.4 Å². The number of nitrogens with one attached hydrogen (secondary N) is 1. The number of carbonyl (C=O) groups is 2. The largest absolute Gasteiger partial charge is 0.481 e. The van der Waals surface area contributed by atoms with Gasteiger partial charge in [0.1, 0.15) is 11.7 Å². The lowest BCUT2D eigenvalue weighted by molar-refractivity contribution is -0.137. The Morgan fingerprint density at radius 3 is 2.62 bits per heavy atom. The van der Waals surface area contributed by atoms with Crippen LogP contribution in [0.4, 0.5) is 15.8 Å². The van der Waals surface area contributed by atoms with Crippen molar-refractivity contribution in [3.05, 3.63) is 89.0 Å². The third-order valence-corrected chi connectivity index (χ3v) is 5.51. The van der Waals surface area contributed by atoms with E-state index in [0.29, 0.717) is 33.9 Å². The van der Waals surface area contributed by atoms with Crippen molar-refractivity contribution < 1.29 is 19.1 Å². The Hall–Kier alpha value is -3.91. The number of fused-ring (bicyclic) bond motifs is 1. The van der Waals surface area contributed by atoms with E-state index in [2.05, 4.69) is 15.2 Å². The Morgan fingerprint density at radius 1 is 1.15 bits per heavy atom. The highest BCUT2D eigenvalue weighted by atomic mass is 19.1. The Bertz CT molecular complexity index is 1260. The zero-order valence-corrected chi connectivity index (χ0v) is 19.0. The average molecular weight is 461 g/mol. The lowest BCUT2D eigenvalue weighted by atomic mass is 9.90. The van der Waals surface area contributed by atoms with E-state index < -0.39 is 17.7 Å². The molecule has 2 N–H and O–H groups in total. The molecule has 1 aliphatic heterocycles. The first-order valence-electron chi connectivity index (χ1n) is 10.9. The molecular formula is C26H25FN4O3. The van der Waals surface area contributed by atoms with Crippen molar-refractivity contribution in [3.8, 4) is 0 Å². The maximum absolute atomic E-state index is 13.8. The van der Waals surface area contributed by atoms with Gasteiger partial charge in [-0.15, -0.1) is 0 Å². The van der Waals surface area contributed by atoms with E-state index in [0.717, 1.165) is 12.1 Å². The minimum atomic E-state index is -0.912. The second-order valence-corrected chi connectivity index (χ2v) is 8.48. The molecule has 1 aliphatic rings. The van der Waals surface area contributed by atoms with Crippen LogP contribution in [-0.4, -0.2) is 46.7 Å². The fraction of sp³-hybridized carbons (Fsp3) is 0.231. The van der Waals surface area contributed by atoms with Gasteiger partial charge in [-0.3, -0.25) is 19.6 Å². The normalized spacial score (nSPS) is 15.4. The second-order valence-electron chi connectivity index (χ2n) is 8.48. The number of amides is 1. The van der Waals surface area contributed by atoms with E-state index >= 15 is 0 Å². The molecule has 0 aliphatic carbocycles. The van der Waals surface area contributed by atoms with Crippen molar-refractivity contribution in [1.82, 2.24) is 9.88 Å². The monoisotopic (exact) mass is 460 g/mol. The number of hydrogen-bond donors (Lipinski definition) is 2. The number of nitrogens with zero attached hydrogens (tertiary/aromatic N) is 3. The van der Waals surface area contributed by atoms with Crippen LogP contribution in [0.15, 0.2) is 65.8 Å². The number of carbonyl (C=O) groups excluding carboxylic acids is 1. The van der Waals surface area contributed by atoms with Gasteiger partial charge in [-0.05, 0) is 61.6 Å².